The molecule has 5 heteroatoms. The highest BCUT2D eigenvalue weighted by Gasteiger charge is 2.40. The standard InChI is InChI=1S/C48H28BNO2S/c1-5-18-37-31(13-1)33-26-34-44-30(15-10-22-43(44)53-48(34)45-32-14-2-6-19-38(32)50(37)47(33)45)28-12-9-11-27(23-28)29-24-41-46-42(25-29)52-40-21-8-4-17-36(40)49(46)35-16-3-7-20-39(35)51-41/h1-13,15-26,32H,14H2. The molecule has 53 heavy (non-hydrogen) atoms. The highest BCUT2D eigenvalue weighted by molar-refractivity contribution is 7.26. The molecule has 1 unspecified atom stereocenters. The summed E-state index contributed by atoms with van der Waals surface area (Å²) in [5.74, 6) is 3.90. The zero-order chi connectivity index (χ0) is 34.4. The summed E-state index contributed by atoms with van der Waals surface area (Å²) in [7, 11) is 0. The minimum absolute atomic E-state index is 0.0670. The number of para-hydroxylation sites is 3. The average Bonchev–Trinajstić information content (AvgIpc) is 3.87. The van der Waals surface area contributed by atoms with Crippen LogP contribution in [-0.4, -0.2) is 11.3 Å². The van der Waals surface area contributed by atoms with Crippen LogP contribution in [0.3, 0.4) is 0 Å². The molecule has 3 nitrogen and oxygen atoms in total. The van der Waals surface area contributed by atoms with Gasteiger partial charge in [0.25, 0.3) is 6.71 Å². The molecule has 9 aromatic rings. The molecule has 1 atom stereocenters. The lowest BCUT2D eigenvalue weighted by Gasteiger charge is -2.33. The van der Waals surface area contributed by atoms with Gasteiger partial charge >= 0.3 is 0 Å². The van der Waals surface area contributed by atoms with Crippen molar-refractivity contribution in [2.24, 2.45) is 0 Å². The second-order valence-electron chi connectivity index (χ2n) is 14.7. The Labute approximate surface area is 309 Å². The van der Waals surface area contributed by atoms with Gasteiger partial charge in [0.1, 0.15) is 23.0 Å². The molecule has 13 rings (SSSR count). The summed E-state index contributed by atoms with van der Waals surface area (Å²) < 4.78 is 18.6. The SMILES string of the molecule is C1=CCC2C(=C1)n1c3ccccc3c3cc4c(sc5cccc(-c6cccc(-c7cc8c9c(c7)Oc7ccccc7B9c7ccccc7O8)c6)c54)c2c31. The third-order valence-corrected chi connectivity index (χ3v) is 13.2. The van der Waals surface area contributed by atoms with Gasteiger partial charge in [-0.3, -0.25) is 0 Å². The van der Waals surface area contributed by atoms with Crippen molar-refractivity contribution in [1.82, 2.24) is 4.57 Å². The van der Waals surface area contributed by atoms with Crippen LogP contribution in [0, 0.1) is 0 Å². The number of rotatable bonds is 2. The van der Waals surface area contributed by atoms with Crippen LogP contribution in [0.25, 0.3) is 69.9 Å². The Kier molecular flexibility index (Phi) is 5.44. The Morgan fingerprint density at radius 3 is 2.19 bits per heavy atom. The largest absolute Gasteiger partial charge is 0.458 e. The van der Waals surface area contributed by atoms with Gasteiger partial charge < -0.3 is 14.0 Å². The second kappa shape index (κ2) is 10.2. The third kappa shape index (κ3) is 3.70. The van der Waals surface area contributed by atoms with Crippen LogP contribution in [0.1, 0.15) is 17.9 Å². The zero-order valence-corrected chi connectivity index (χ0v) is 29.3. The van der Waals surface area contributed by atoms with Crippen LogP contribution in [-0.2, 0) is 0 Å². The molecule has 0 spiro atoms. The van der Waals surface area contributed by atoms with Crippen molar-refractivity contribution in [1.29, 1.82) is 0 Å². The Hall–Kier alpha value is -6.30. The first-order valence-electron chi connectivity index (χ1n) is 18.4. The molecule has 0 radical (unpaired) electrons. The van der Waals surface area contributed by atoms with E-state index < -0.39 is 0 Å². The van der Waals surface area contributed by atoms with Gasteiger partial charge in [-0.15, -0.1) is 11.3 Å². The molecular formula is C48H28BNO2S. The smallest absolute Gasteiger partial charge is 0.260 e. The first-order chi connectivity index (χ1) is 26.3. The summed E-state index contributed by atoms with van der Waals surface area (Å²) in [5.41, 5.74) is 13.7. The lowest BCUT2D eigenvalue weighted by Crippen LogP contribution is -2.57. The Bertz CT molecular complexity index is 3110. The fraction of sp³-hybridized carbons (Fsp3) is 0.0417. The predicted octanol–water partition coefficient (Wildman–Crippen LogP) is 11.1. The fourth-order valence-electron chi connectivity index (χ4n) is 9.81. The van der Waals surface area contributed by atoms with Crippen LogP contribution < -0.4 is 25.9 Å². The molecule has 0 bridgehead atoms. The summed E-state index contributed by atoms with van der Waals surface area (Å²) >= 11 is 1.95. The van der Waals surface area contributed by atoms with Crippen molar-refractivity contribution < 1.29 is 9.47 Å². The van der Waals surface area contributed by atoms with Crippen LogP contribution in [0.4, 0.5) is 0 Å². The number of hydrogen-bond donors (Lipinski definition) is 0. The molecular weight excluding hydrogens is 665 g/mol. The maximum Gasteiger partial charge on any atom is 0.260 e. The molecule has 0 saturated carbocycles. The van der Waals surface area contributed by atoms with E-state index in [0.29, 0.717) is 5.92 Å². The lowest BCUT2D eigenvalue weighted by atomic mass is 9.35. The minimum Gasteiger partial charge on any atom is -0.458 e. The number of aromatic nitrogens is 1. The Morgan fingerprint density at radius 1 is 0.623 bits per heavy atom. The summed E-state index contributed by atoms with van der Waals surface area (Å²) in [6.07, 6.45) is 7.93. The monoisotopic (exact) mass is 693 g/mol. The molecule has 4 aliphatic rings. The molecule has 0 fully saturated rings. The van der Waals surface area contributed by atoms with Gasteiger partial charge in [0.05, 0.1) is 11.0 Å². The highest BCUT2D eigenvalue weighted by Crippen LogP contribution is 2.55. The van der Waals surface area contributed by atoms with E-state index in [1.807, 2.05) is 11.3 Å². The quantitative estimate of drug-likeness (QED) is 0.168. The second-order valence-corrected chi connectivity index (χ2v) is 15.7. The topological polar surface area (TPSA) is 23.4 Å². The van der Waals surface area contributed by atoms with E-state index in [1.165, 1.54) is 75.3 Å². The van der Waals surface area contributed by atoms with Crippen LogP contribution >= 0.6 is 11.3 Å². The molecule has 3 aliphatic heterocycles. The van der Waals surface area contributed by atoms with E-state index in [0.717, 1.165) is 46.0 Å². The van der Waals surface area contributed by atoms with Gasteiger partial charge in [-0.1, -0.05) is 97.1 Å². The van der Waals surface area contributed by atoms with E-state index in [2.05, 4.69) is 156 Å². The molecule has 7 aromatic carbocycles. The molecule has 0 N–H and O–H groups in total. The summed E-state index contributed by atoms with van der Waals surface area (Å²) in [6, 6.07) is 48.5. The first kappa shape index (κ1) is 28.3. The third-order valence-electron chi connectivity index (χ3n) is 12.0. The number of allylic oxidation sites excluding steroid dienone is 4. The number of benzene rings is 7. The lowest BCUT2D eigenvalue weighted by molar-refractivity contribution is 0.465. The summed E-state index contributed by atoms with van der Waals surface area (Å²) in [4.78, 5) is 0. The van der Waals surface area contributed by atoms with Crippen molar-refractivity contribution >= 4 is 82.1 Å². The maximum atomic E-state index is 6.65. The number of hydrogen-bond acceptors (Lipinski definition) is 3. The van der Waals surface area contributed by atoms with Crippen molar-refractivity contribution in [3.63, 3.8) is 0 Å². The van der Waals surface area contributed by atoms with Gasteiger partial charge in [0, 0.05) is 53.6 Å². The van der Waals surface area contributed by atoms with Gasteiger partial charge in [-0.2, -0.15) is 0 Å². The molecule has 2 aromatic heterocycles. The Morgan fingerprint density at radius 2 is 1.36 bits per heavy atom. The highest BCUT2D eigenvalue weighted by atomic mass is 32.1. The molecule has 5 heterocycles. The number of ether oxygens (including phenoxy) is 2. The van der Waals surface area contributed by atoms with E-state index in [-0.39, 0.29) is 6.71 Å². The Balaban J connectivity index is 1.01. The van der Waals surface area contributed by atoms with E-state index in [1.54, 1.807) is 0 Å². The van der Waals surface area contributed by atoms with E-state index >= 15 is 0 Å². The van der Waals surface area contributed by atoms with E-state index in [9.17, 15) is 0 Å². The van der Waals surface area contributed by atoms with E-state index in [4.69, 9.17) is 9.47 Å². The molecule has 1 aliphatic carbocycles. The maximum absolute atomic E-state index is 6.65. The van der Waals surface area contributed by atoms with Gasteiger partial charge in [0.15, 0.2) is 0 Å². The van der Waals surface area contributed by atoms with Crippen molar-refractivity contribution in [2.45, 2.75) is 12.3 Å². The zero-order valence-electron chi connectivity index (χ0n) is 28.5. The predicted molar refractivity (Wildman–Crippen MR) is 222 cm³/mol. The molecule has 246 valence electrons. The van der Waals surface area contributed by atoms with Crippen molar-refractivity contribution in [3.05, 3.63) is 157 Å². The summed E-state index contributed by atoms with van der Waals surface area (Å²) in [6.45, 7) is 0.0670. The number of nitrogens with zero attached hydrogens (tertiary/aromatic N) is 1. The van der Waals surface area contributed by atoms with Gasteiger partial charge in [0.2, 0.25) is 0 Å². The fourth-order valence-corrected chi connectivity index (χ4v) is 11.1. The average molecular weight is 694 g/mol. The van der Waals surface area contributed by atoms with Crippen molar-refractivity contribution in [3.8, 4) is 45.3 Å². The van der Waals surface area contributed by atoms with Gasteiger partial charge in [-0.25, -0.2) is 0 Å². The normalized spacial score (nSPS) is 16.0. The van der Waals surface area contributed by atoms with Crippen LogP contribution in [0.5, 0.6) is 23.0 Å². The number of fused-ring (bicyclic) bond motifs is 14. The minimum atomic E-state index is 0.0670. The first-order valence-corrected chi connectivity index (χ1v) is 19.2. The van der Waals surface area contributed by atoms with Gasteiger partial charge in [-0.05, 0) is 94.2 Å². The molecule has 0 amide bonds. The van der Waals surface area contributed by atoms with Crippen LogP contribution in [0.2, 0.25) is 0 Å². The van der Waals surface area contributed by atoms with Crippen LogP contribution in [0.15, 0.2) is 152 Å². The number of thiophene rings is 1. The molecule has 0 saturated heterocycles. The van der Waals surface area contributed by atoms with Crippen molar-refractivity contribution in [2.75, 3.05) is 0 Å². The summed E-state index contributed by atoms with van der Waals surface area (Å²) in [5, 5.41) is 5.38.